The number of aromatic nitrogens is 1. The highest BCUT2D eigenvalue weighted by atomic mass is 35.5. The van der Waals surface area contributed by atoms with Crippen molar-refractivity contribution < 1.29 is 4.74 Å². The van der Waals surface area contributed by atoms with E-state index < -0.39 is 0 Å². The summed E-state index contributed by atoms with van der Waals surface area (Å²) in [5.41, 5.74) is 1.99. The fourth-order valence-electron chi connectivity index (χ4n) is 1.61. The van der Waals surface area contributed by atoms with Crippen LogP contribution in [0.3, 0.4) is 0 Å². The molecule has 0 N–H and O–H groups in total. The van der Waals surface area contributed by atoms with Crippen molar-refractivity contribution in [3.8, 4) is 11.6 Å². The van der Waals surface area contributed by atoms with E-state index in [1.165, 1.54) is 0 Å². The Hall–Kier alpha value is -1.25. The maximum Gasteiger partial charge on any atom is 0.238 e. The van der Waals surface area contributed by atoms with Crippen LogP contribution in [0.1, 0.15) is 18.1 Å². The van der Waals surface area contributed by atoms with Gasteiger partial charge in [-0.1, -0.05) is 36.7 Å². The largest absolute Gasteiger partial charge is 0.437 e. The van der Waals surface area contributed by atoms with E-state index in [0.29, 0.717) is 16.8 Å². The van der Waals surface area contributed by atoms with Gasteiger partial charge in [0.2, 0.25) is 5.88 Å². The molecule has 0 aliphatic heterocycles. The molecule has 0 radical (unpaired) electrons. The number of para-hydroxylation sites is 1. The summed E-state index contributed by atoms with van der Waals surface area (Å²) in [5.74, 6) is 1.58. The third kappa shape index (κ3) is 2.95. The van der Waals surface area contributed by atoms with Gasteiger partial charge in [-0.05, 0) is 29.7 Å². The summed E-state index contributed by atoms with van der Waals surface area (Å²) in [7, 11) is 0. The Bertz CT molecular complexity index is 543. The number of pyridine rings is 1. The normalized spacial score (nSPS) is 10.4. The Morgan fingerprint density at radius 2 is 2.06 bits per heavy atom. The molecular formula is C14H13Cl2NO. The van der Waals surface area contributed by atoms with Gasteiger partial charge in [0.1, 0.15) is 10.8 Å². The summed E-state index contributed by atoms with van der Waals surface area (Å²) in [5, 5.41) is 0.471. The third-order valence-electron chi connectivity index (χ3n) is 2.58. The van der Waals surface area contributed by atoms with Gasteiger partial charge in [-0.25, -0.2) is 4.98 Å². The van der Waals surface area contributed by atoms with E-state index in [1.54, 1.807) is 12.3 Å². The van der Waals surface area contributed by atoms with E-state index in [0.717, 1.165) is 23.3 Å². The molecule has 0 saturated carbocycles. The molecule has 0 saturated heterocycles. The van der Waals surface area contributed by atoms with E-state index in [-0.39, 0.29) is 0 Å². The molecule has 0 amide bonds. The van der Waals surface area contributed by atoms with E-state index in [1.807, 2.05) is 24.3 Å². The van der Waals surface area contributed by atoms with Crippen LogP contribution in [-0.4, -0.2) is 4.98 Å². The lowest BCUT2D eigenvalue weighted by atomic mass is 10.1. The molecule has 94 valence electrons. The molecule has 0 unspecified atom stereocenters. The minimum atomic E-state index is 0.387. The van der Waals surface area contributed by atoms with Crippen LogP contribution in [0.2, 0.25) is 5.02 Å². The molecule has 1 aromatic heterocycles. The van der Waals surface area contributed by atoms with Gasteiger partial charge in [-0.2, -0.15) is 0 Å². The van der Waals surface area contributed by atoms with E-state index in [9.17, 15) is 0 Å². The zero-order valence-corrected chi connectivity index (χ0v) is 11.5. The van der Waals surface area contributed by atoms with Gasteiger partial charge in [0, 0.05) is 12.1 Å². The topological polar surface area (TPSA) is 22.1 Å². The lowest BCUT2D eigenvalue weighted by Gasteiger charge is -2.10. The number of halogens is 2. The number of alkyl halides is 1. The number of benzene rings is 1. The molecule has 1 heterocycles. The van der Waals surface area contributed by atoms with E-state index in [4.69, 9.17) is 27.9 Å². The SMILES string of the molecule is CCc1ccccc1Oc1ncc(CCl)cc1Cl. The van der Waals surface area contributed by atoms with E-state index in [2.05, 4.69) is 11.9 Å². The van der Waals surface area contributed by atoms with Crippen LogP contribution in [0, 0.1) is 0 Å². The molecule has 0 fully saturated rings. The average molecular weight is 282 g/mol. The Kier molecular flexibility index (Phi) is 4.45. The van der Waals surface area contributed by atoms with Crippen LogP contribution in [0.5, 0.6) is 11.6 Å². The molecule has 0 atom stereocenters. The van der Waals surface area contributed by atoms with Gasteiger partial charge in [-0.15, -0.1) is 11.6 Å². The van der Waals surface area contributed by atoms with Gasteiger partial charge in [0.05, 0.1) is 0 Å². The molecule has 1 aromatic carbocycles. The molecule has 0 bridgehead atoms. The summed E-state index contributed by atoms with van der Waals surface area (Å²) in [6.45, 7) is 2.08. The number of ether oxygens (including phenoxy) is 1. The van der Waals surface area contributed by atoms with Crippen molar-refractivity contribution >= 4 is 23.2 Å². The number of nitrogens with zero attached hydrogens (tertiary/aromatic N) is 1. The lowest BCUT2D eigenvalue weighted by Crippen LogP contribution is -1.94. The highest BCUT2D eigenvalue weighted by molar-refractivity contribution is 6.32. The van der Waals surface area contributed by atoms with Crippen LogP contribution >= 0.6 is 23.2 Å². The van der Waals surface area contributed by atoms with Crippen molar-refractivity contribution in [2.24, 2.45) is 0 Å². The molecule has 18 heavy (non-hydrogen) atoms. The Morgan fingerprint density at radius 1 is 1.28 bits per heavy atom. The van der Waals surface area contributed by atoms with Crippen LogP contribution in [0.15, 0.2) is 36.5 Å². The summed E-state index contributed by atoms with van der Waals surface area (Å²) >= 11 is 11.8. The fourth-order valence-corrected chi connectivity index (χ4v) is 1.99. The van der Waals surface area contributed by atoms with Gasteiger partial charge >= 0.3 is 0 Å². The van der Waals surface area contributed by atoms with Gasteiger partial charge in [0.15, 0.2) is 0 Å². The van der Waals surface area contributed by atoms with Crippen LogP contribution in [0.25, 0.3) is 0 Å². The van der Waals surface area contributed by atoms with Crippen molar-refractivity contribution in [3.05, 3.63) is 52.7 Å². The van der Waals surface area contributed by atoms with Crippen LogP contribution in [0.4, 0.5) is 0 Å². The molecule has 0 aliphatic rings. The maximum atomic E-state index is 6.11. The van der Waals surface area contributed by atoms with Gasteiger partial charge < -0.3 is 4.74 Å². The number of hydrogen-bond donors (Lipinski definition) is 0. The average Bonchev–Trinajstić information content (AvgIpc) is 2.41. The molecule has 2 rings (SSSR count). The van der Waals surface area contributed by atoms with Crippen molar-refractivity contribution in [3.63, 3.8) is 0 Å². The Balaban J connectivity index is 2.28. The predicted octanol–water partition coefficient (Wildman–Crippen LogP) is 4.83. The highest BCUT2D eigenvalue weighted by Crippen LogP contribution is 2.30. The van der Waals surface area contributed by atoms with Crippen molar-refractivity contribution in [2.45, 2.75) is 19.2 Å². The van der Waals surface area contributed by atoms with Crippen molar-refractivity contribution in [1.82, 2.24) is 4.98 Å². The second-order valence-corrected chi connectivity index (χ2v) is 4.50. The van der Waals surface area contributed by atoms with Crippen LogP contribution in [-0.2, 0) is 12.3 Å². The van der Waals surface area contributed by atoms with Gasteiger partial charge in [0.25, 0.3) is 0 Å². The first-order chi connectivity index (χ1) is 8.74. The Morgan fingerprint density at radius 3 is 2.72 bits per heavy atom. The molecule has 4 heteroatoms. The quantitative estimate of drug-likeness (QED) is 0.749. The first kappa shape index (κ1) is 13.2. The minimum Gasteiger partial charge on any atom is -0.437 e. The second-order valence-electron chi connectivity index (χ2n) is 3.83. The minimum absolute atomic E-state index is 0.387. The summed E-state index contributed by atoms with van der Waals surface area (Å²) in [6.07, 6.45) is 2.57. The molecule has 2 aromatic rings. The second kappa shape index (κ2) is 6.07. The lowest BCUT2D eigenvalue weighted by molar-refractivity contribution is 0.457. The summed E-state index contributed by atoms with van der Waals surface area (Å²) in [4.78, 5) is 4.18. The number of hydrogen-bond acceptors (Lipinski definition) is 2. The maximum absolute atomic E-state index is 6.11. The summed E-state index contributed by atoms with van der Waals surface area (Å²) in [6, 6.07) is 9.61. The first-order valence-corrected chi connectivity index (χ1v) is 6.62. The van der Waals surface area contributed by atoms with Crippen LogP contribution < -0.4 is 4.74 Å². The third-order valence-corrected chi connectivity index (χ3v) is 3.16. The summed E-state index contributed by atoms with van der Waals surface area (Å²) < 4.78 is 5.74. The standard InChI is InChI=1S/C14H13Cl2NO/c1-2-11-5-3-4-6-13(11)18-14-12(16)7-10(8-15)9-17-14/h3-7,9H,2,8H2,1H3. The molecular weight excluding hydrogens is 269 g/mol. The van der Waals surface area contributed by atoms with Gasteiger partial charge in [-0.3, -0.25) is 0 Å². The van der Waals surface area contributed by atoms with Crippen molar-refractivity contribution in [2.75, 3.05) is 0 Å². The number of rotatable bonds is 4. The zero-order chi connectivity index (χ0) is 13.0. The molecule has 0 aliphatic carbocycles. The number of aryl methyl sites for hydroxylation is 1. The Labute approximate surface area is 117 Å². The monoisotopic (exact) mass is 281 g/mol. The smallest absolute Gasteiger partial charge is 0.238 e. The fraction of sp³-hybridized carbons (Fsp3) is 0.214. The van der Waals surface area contributed by atoms with Crippen molar-refractivity contribution in [1.29, 1.82) is 0 Å². The molecule has 2 nitrogen and oxygen atoms in total. The predicted molar refractivity (Wildman–Crippen MR) is 74.7 cm³/mol. The van der Waals surface area contributed by atoms with E-state index >= 15 is 0 Å². The highest BCUT2D eigenvalue weighted by Gasteiger charge is 2.08. The zero-order valence-electron chi connectivity index (χ0n) is 9.99. The first-order valence-electron chi connectivity index (χ1n) is 5.70. The molecule has 0 spiro atoms.